The maximum Gasteiger partial charge on any atom is 0.311 e. The number of methoxy groups -OCH3 is 1. The van der Waals surface area contributed by atoms with E-state index in [1.807, 2.05) is 12.1 Å². The zero-order valence-corrected chi connectivity index (χ0v) is 17.1. The van der Waals surface area contributed by atoms with Crippen LogP contribution in [0.2, 0.25) is 0 Å². The Morgan fingerprint density at radius 1 is 1.38 bits per heavy atom. The molecule has 0 saturated carbocycles. The second kappa shape index (κ2) is 10.7. The molecule has 29 heavy (non-hydrogen) atoms. The van der Waals surface area contributed by atoms with Crippen LogP contribution in [0.5, 0.6) is 11.5 Å². The molecule has 1 aliphatic heterocycles. The van der Waals surface area contributed by atoms with Gasteiger partial charge in [0.05, 0.1) is 45.3 Å². The van der Waals surface area contributed by atoms with Gasteiger partial charge in [-0.05, 0) is 30.7 Å². The molecule has 0 unspecified atom stereocenters. The van der Waals surface area contributed by atoms with Crippen LogP contribution in [0.25, 0.3) is 0 Å². The van der Waals surface area contributed by atoms with Crippen LogP contribution < -0.4 is 14.9 Å². The lowest BCUT2D eigenvalue weighted by atomic mass is 10.2. The highest BCUT2D eigenvalue weighted by Crippen LogP contribution is 2.28. The van der Waals surface area contributed by atoms with Gasteiger partial charge in [0.25, 0.3) is 0 Å². The van der Waals surface area contributed by atoms with E-state index < -0.39 is 0 Å². The fourth-order valence-corrected chi connectivity index (χ4v) is 3.17. The molecule has 1 N–H and O–H groups in total. The number of aromatic nitrogens is 1. The first-order chi connectivity index (χ1) is 14.2. The highest BCUT2D eigenvalue weighted by Gasteiger charge is 2.17. The summed E-state index contributed by atoms with van der Waals surface area (Å²) >= 11 is 1.36. The van der Waals surface area contributed by atoms with Gasteiger partial charge in [0.1, 0.15) is 6.61 Å². The Labute approximate surface area is 172 Å². The number of carbonyl (C=O) groups is 1. The molecule has 1 aliphatic rings. The number of benzene rings is 1. The van der Waals surface area contributed by atoms with Gasteiger partial charge >= 0.3 is 5.97 Å². The Bertz CT molecular complexity index is 835. The zero-order valence-electron chi connectivity index (χ0n) is 16.3. The minimum Gasteiger partial charge on any atom is -0.493 e. The van der Waals surface area contributed by atoms with Crippen LogP contribution in [0.15, 0.2) is 28.7 Å². The van der Waals surface area contributed by atoms with Crippen LogP contribution in [0.1, 0.15) is 18.2 Å². The lowest BCUT2D eigenvalue weighted by Crippen LogP contribution is -2.18. The summed E-state index contributed by atoms with van der Waals surface area (Å²) in [5, 5.41) is 6.56. The van der Waals surface area contributed by atoms with Crippen molar-refractivity contribution in [1.29, 1.82) is 0 Å². The van der Waals surface area contributed by atoms with Gasteiger partial charge < -0.3 is 23.7 Å². The van der Waals surface area contributed by atoms with Gasteiger partial charge in [-0.2, -0.15) is 5.10 Å². The van der Waals surface area contributed by atoms with Gasteiger partial charge in [0.15, 0.2) is 17.8 Å². The van der Waals surface area contributed by atoms with Gasteiger partial charge in [-0.15, -0.1) is 11.3 Å². The minimum absolute atomic E-state index is 0.142. The molecule has 0 amide bonds. The molecule has 0 spiro atoms. The number of hydrazone groups is 1. The van der Waals surface area contributed by atoms with Crippen molar-refractivity contribution in [2.24, 2.45) is 5.10 Å². The highest BCUT2D eigenvalue weighted by molar-refractivity contribution is 7.13. The van der Waals surface area contributed by atoms with Crippen LogP contribution in [-0.2, 0) is 25.4 Å². The Morgan fingerprint density at radius 2 is 2.21 bits per heavy atom. The van der Waals surface area contributed by atoms with Crippen LogP contribution in [-0.4, -0.2) is 57.0 Å². The first-order valence-corrected chi connectivity index (χ1v) is 9.99. The predicted octanol–water partition coefficient (Wildman–Crippen LogP) is 2.46. The standard InChI is InChI=1S/C19H23N3O6S/c1-3-25-17(23)9-14-12-29-19(21-14)22-20-10-13-4-5-15(24-2)16(8-13)28-11-18-26-6-7-27-18/h4-5,8,10,12,18H,3,6-7,9,11H2,1-2H3,(H,21,22). The van der Waals surface area contributed by atoms with E-state index in [1.165, 1.54) is 11.3 Å². The van der Waals surface area contributed by atoms with E-state index in [9.17, 15) is 4.79 Å². The third kappa shape index (κ3) is 6.41. The summed E-state index contributed by atoms with van der Waals surface area (Å²) in [5.74, 6) is 0.880. The van der Waals surface area contributed by atoms with E-state index >= 15 is 0 Å². The number of ether oxygens (including phenoxy) is 5. The average Bonchev–Trinajstić information content (AvgIpc) is 3.39. The normalized spacial score (nSPS) is 14.3. The highest BCUT2D eigenvalue weighted by atomic mass is 32.1. The lowest BCUT2D eigenvalue weighted by Gasteiger charge is -2.14. The van der Waals surface area contributed by atoms with E-state index in [-0.39, 0.29) is 25.3 Å². The minimum atomic E-state index is -0.368. The number of hydrogen-bond acceptors (Lipinski definition) is 10. The van der Waals surface area contributed by atoms with Crippen molar-refractivity contribution >= 4 is 28.7 Å². The van der Waals surface area contributed by atoms with Crippen molar-refractivity contribution in [2.75, 3.05) is 39.0 Å². The molecular weight excluding hydrogens is 398 g/mol. The molecule has 156 valence electrons. The van der Waals surface area contributed by atoms with Crippen molar-refractivity contribution in [3.05, 3.63) is 34.8 Å². The van der Waals surface area contributed by atoms with Crippen molar-refractivity contribution in [1.82, 2.24) is 4.98 Å². The molecule has 0 radical (unpaired) electrons. The van der Waals surface area contributed by atoms with Crippen molar-refractivity contribution in [2.45, 2.75) is 19.6 Å². The van der Waals surface area contributed by atoms with E-state index in [2.05, 4.69) is 15.5 Å². The summed E-state index contributed by atoms with van der Waals surface area (Å²) in [4.78, 5) is 15.8. The van der Waals surface area contributed by atoms with E-state index in [4.69, 9.17) is 23.7 Å². The molecule has 9 nitrogen and oxygen atoms in total. The SMILES string of the molecule is CCOC(=O)Cc1csc(NN=Cc2ccc(OC)c(OCC3OCCO3)c2)n1. The van der Waals surface area contributed by atoms with E-state index in [1.54, 1.807) is 31.7 Å². The molecule has 0 atom stereocenters. The third-order valence-electron chi connectivity index (χ3n) is 3.81. The number of esters is 1. The zero-order chi connectivity index (χ0) is 20.5. The molecule has 1 fully saturated rings. The summed E-state index contributed by atoms with van der Waals surface area (Å²) < 4.78 is 26.8. The molecule has 1 aromatic carbocycles. The number of anilines is 1. The maximum absolute atomic E-state index is 11.5. The molecular formula is C19H23N3O6S. The van der Waals surface area contributed by atoms with Gasteiger partial charge in [-0.3, -0.25) is 10.2 Å². The number of hydrogen-bond donors (Lipinski definition) is 1. The molecule has 0 bridgehead atoms. The van der Waals surface area contributed by atoms with Crippen molar-refractivity contribution in [3.63, 3.8) is 0 Å². The molecule has 0 aliphatic carbocycles. The van der Waals surface area contributed by atoms with Crippen LogP contribution in [0.4, 0.5) is 5.13 Å². The fraction of sp³-hybridized carbons (Fsp3) is 0.421. The predicted molar refractivity (Wildman–Crippen MR) is 108 cm³/mol. The largest absolute Gasteiger partial charge is 0.493 e. The smallest absolute Gasteiger partial charge is 0.311 e. The molecule has 3 rings (SSSR count). The Hall–Kier alpha value is -2.69. The Balaban J connectivity index is 1.56. The number of thiazole rings is 1. The second-order valence-corrected chi connectivity index (χ2v) is 6.75. The lowest BCUT2D eigenvalue weighted by molar-refractivity contribution is -0.142. The average molecular weight is 421 g/mol. The molecule has 10 heteroatoms. The van der Waals surface area contributed by atoms with Crippen molar-refractivity contribution in [3.8, 4) is 11.5 Å². The van der Waals surface area contributed by atoms with E-state index in [0.717, 1.165) is 5.56 Å². The molecule has 1 saturated heterocycles. The van der Waals surface area contributed by atoms with Crippen LogP contribution in [0, 0.1) is 0 Å². The fourth-order valence-electron chi connectivity index (χ4n) is 2.51. The molecule has 2 heterocycles. The Morgan fingerprint density at radius 3 is 2.97 bits per heavy atom. The number of rotatable bonds is 10. The number of carbonyl (C=O) groups excluding carboxylic acids is 1. The van der Waals surface area contributed by atoms with Gasteiger partial charge in [-0.25, -0.2) is 4.98 Å². The molecule has 1 aromatic heterocycles. The van der Waals surface area contributed by atoms with Crippen LogP contribution >= 0.6 is 11.3 Å². The summed E-state index contributed by atoms with van der Waals surface area (Å²) in [6, 6.07) is 5.47. The van der Waals surface area contributed by atoms with Crippen LogP contribution in [0.3, 0.4) is 0 Å². The summed E-state index contributed by atoms with van der Waals surface area (Å²) in [7, 11) is 1.58. The summed E-state index contributed by atoms with van der Waals surface area (Å²) in [6.45, 7) is 3.54. The third-order valence-corrected chi connectivity index (χ3v) is 4.61. The second-order valence-electron chi connectivity index (χ2n) is 5.89. The summed E-state index contributed by atoms with van der Waals surface area (Å²) in [5.41, 5.74) is 4.31. The number of nitrogens with zero attached hydrogens (tertiary/aromatic N) is 2. The van der Waals surface area contributed by atoms with Gasteiger partial charge in [-0.1, -0.05) is 0 Å². The monoisotopic (exact) mass is 421 g/mol. The maximum atomic E-state index is 11.5. The quantitative estimate of drug-likeness (QED) is 0.355. The van der Waals surface area contributed by atoms with Crippen molar-refractivity contribution < 1.29 is 28.5 Å². The topological polar surface area (TPSA) is 101 Å². The number of nitrogens with one attached hydrogen (secondary N) is 1. The molecule has 2 aromatic rings. The first-order valence-electron chi connectivity index (χ1n) is 9.11. The first kappa shape index (κ1) is 21.0. The van der Waals surface area contributed by atoms with E-state index in [0.29, 0.717) is 42.1 Å². The van der Waals surface area contributed by atoms with Gasteiger partial charge in [0.2, 0.25) is 5.13 Å². The van der Waals surface area contributed by atoms with Gasteiger partial charge in [0, 0.05) is 5.38 Å². The Kier molecular flexibility index (Phi) is 7.79. The summed E-state index contributed by atoms with van der Waals surface area (Å²) in [6.07, 6.45) is 1.41.